The second-order valence-corrected chi connectivity index (χ2v) is 6.86. The molecule has 0 unspecified atom stereocenters. The van der Waals surface area contributed by atoms with Gasteiger partial charge in [-0.2, -0.15) is 4.68 Å². The number of carbonyl (C=O) groups is 2. The zero-order valence-electron chi connectivity index (χ0n) is 13.3. The maximum absolute atomic E-state index is 11.9. The maximum Gasteiger partial charge on any atom is 0.269 e. The number of para-hydroxylation sites is 1. The summed E-state index contributed by atoms with van der Waals surface area (Å²) in [6, 6.07) is 16.1. The highest BCUT2D eigenvalue weighted by atomic mass is 79.9. The van der Waals surface area contributed by atoms with Crippen molar-refractivity contribution >= 4 is 39.5 Å². The minimum Gasteiger partial charge on any atom is -0.272 e. The van der Waals surface area contributed by atoms with E-state index in [1.165, 1.54) is 0 Å². The Morgan fingerprint density at radius 2 is 1.77 bits per heavy atom. The van der Waals surface area contributed by atoms with E-state index >= 15 is 0 Å². The third-order valence-electron chi connectivity index (χ3n) is 3.20. The van der Waals surface area contributed by atoms with Crippen molar-refractivity contribution in [2.45, 2.75) is 5.16 Å². The Morgan fingerprint density at radius 3 is 2.50 bits per heavy atom. The molecule has 132 valence electrons. The molecule has 0 saturated heterocycles. The van der Waals surface area contributed by atoms with Crippen molar-refractivity contribution in [2.75, 3.05) is 5.75 Å². The van der Waals surface area contributed by atoms with E-state index in [1.807, 2.05) is 30.3 Å². The molecule has 8 nitrogen and oxygen atoms in total. The maximum atomic E-state index is 11.9. The van der Waals surface area contributed by atoms with Crippen LogP contribution in [0.2, 0.25) is 0 Å². The fourth-order valence-corrected chi connectivity index (χ4v) is 2.92. The molecule has 0 aliphatic rings. The van der Waals surface area contributed by atoms with Gasteiger partial charge in [-0.1, -0.05) is 45.9 Å². The molecule has 3 aromatic rings. The molecule has 0 bridgehead atoms. The normalized spacial score (nSPS) is 10.3. The molecule has 0 atom stereocenters. The Hall–Kier alpha value is -2.72. The summed E-state index contributed by atoms with van der Waals surface area (Å²) >= 11 is 4.46. The van der Waals surface area contributed by atoms with Gasteiger partial charge in [0.1, 0.15) is 0 Å². The fourth-order valence-electron chi connectivity index (χ4n) is 1.97. The molecule has 1 heterocycles. The van der Waals surface area contributed by atoms with Gasteiger partial charge in [0.15, 0.2) is 0 Å². The van der Waals surface area contributed by atoms with Crippen LogP contribution in [0.3, 0.4) is 0 Å². The molecule has 2 amide bonds. The van der Waals surface area contributed by atoms with Crippen molar-refractivity contribution in [3.8, 4) is 5.69 Å². The Morgan fingerprint density at radius 1 is 1.04 bits per heavy atom. The highest BCUT2D eigenvalue weighted by Gasteiger charge is 2.12. The van der Waals surface area contributed by atoms with E-state index < -0.39 is 5.91 Å². The van der Waals surface area contributed by atoms with E-state index in [0.717, 1.165) is 21.9 Å². The number of tetrazole rings is 1. The summed E-state index contributed by atoms with van der Waals surface area (Å²) < 4.78 is 2.41. The average molecular weight is 433 g/mol. The minimum absolute atomic E-state index is 0.0494. The van der Waals surface area contributed by atoms with Gasteiger partial charge in [-0.3, -0.25) is 20.4 Å². The average Bonchev–Trinajstić information content (AvgIpc) is 3.14. The van der Waals surface area contributed by atoms with Gasteiger partial charge in [-0.05, 0) is 46.8 Å². The number of amides is 2. The minimum atomic E-state index is -0.398. The highest BCUT2D eigenvalue weighted by molar-refractivity contribution is 9.10. The molecule has 0 aliphatic carbocycles. The number of hydrogen-bond acceptors (Lipinski definition) is 6. The Kier molecular flexibility index (Phi) is 5.97. The van der Waals surface area contributed by atoms with Crippen LogP contribution < -0.4 is 10.9 Å². The lowest BCUT2D eigenvalue weighted by atomic mass is 10.2. The molecule has 0 spiro atoms. The number of rotatable bonds is 5. The second-order valence-electron chi connectivity index (χ2n) is 5.01. The summed E-state index contributed by atoms with van der Waals surface area (Å²) in [4.78, 5) is 23.9. The lowest BCUT2D eigenvalue weighted by Gasteiger charge is -2.07. The van der Waals surface area contributed by atoms with E-state index in [9.17, 15) is 9.59 Å². The standard InChI is InChI=1S/C16H13BrN6O2S/c17-12-8-6-11(7-9-12)15(25)19-18-14(24)10-26-16-20-21-22-23(16)13-4-2-1-3-5-13/h1-9H,10H2,(H,18,24)(H,19,25). The molecule has 0 aliphatic heterocycles. The number of aromatic nitrogens is 4. The van der Waals surface area contributed by atoms with Gasteiger partial charge < -0.3 is 0 Å². The van der Waals surface area contributed by atoms with Crippen LogP contribution in [-0.4, -0.2) is 37.8 Å². The number of halogens is 1. The van der Waals surface area contributed by atoms with Crippen molar-refractivity contribution in [1.82, 2.24) is 31.1 Å². The number of thioether (sulfide) groups is 1. The molecule has 2 aromatic carbocycles. The third-order valence-corrected chi connectivity index (χ3v) is 4.64. The van der Waals surface area contributed by atoms with Crippen LogP contribution in [0.1, 0.15) is 10.4 Å². The van der Waals surface area contributed by atoms with E-state index in [0.29, 0.717) is 10.7 Å². The van der Waals surface area contributed by atoms with Gasteiger partial charge in [-0.25, -0.2) is 0 Å². The topological polar surface area (TPSA) is 102 Å². The SMILES string of the molecule is O=C(CSc1nnnn1-c1ccccc1)NNC(=O)c1ccc(Br)cc1. The number of hydrogen-bond donors (Lipinski definition) is 2. The van der Waals surface area contributed by atoms with Crippen molar-refractivity contribution in [1.29, 1.82) is 0 Å². The highest BCUT2D eigenvalue weighted by Crippen LogP contribution is 2.17. The molecule has 0 saturated carbocycles. The molecule has 3 rings (SSSR count). The summed E-state index contributed by atoms with van der Waals surface area (Å²) in [6.45, 7) is 0. The molecule has 2 N–H and O–H groups in total. The van der Waals surface area contributed by atoms with Crippen molar-refractivity contribution in [2.24, 2.45) is 0 Å². The third kappa shape index (κ3) is 4.67. The molecular weight excluding hydrogens is 420 g/mol. The van der Waals surface area contributed by atoms with Gasteiger partial charge >= 0.3 is 0 Å². The number of nitrogens with one attached hydrogen (secondary N) is 2. The summed E-state index contributed by atoms with van der Waals surface area (Å²) in [7, 11) is 0. The fraction of sp³-hybridized carbons (Fsp3) is 0.0625. The molecule has 0 radical (unpaired) electrons. The lowest BCUT2D eigenvalue weighted by Crippen LogP contribution is -2.42. The molecule has 0 fully saturated rings. The van der Waals surface area contributed by atoms with Crippen LogP contribution in [0, 0.1) is 0 Å². The van der Waals surface area contributed by atoms with Crippen LogP contribution >= 0.6 is 27.7 Å². The predicted molar refractivity (Wildman–Crippen MR) is 99.6 cm³/mol. The van der Waals surface area contributed by atoms with E-state index in [1.54, 1.807) is 28.9 Å². The van der Waals surface area contributed by atoms with Crippen molar-refractivity contribution in [3.63, 3.8) is 0 Å². The number of carbonyl (C=O) groups excluding carboxylic acids is 2. The summed E-state index contributed by atoms with van der Waals surface area (Å²) in [5, 5.41) is 11.9. The quantitative estimate of drug-likeness (QED) is 0.472. The summed E-state index contributed by atoms with van der Waals surface area (Å²) in [5.74, 6) is -0.721. The lowest BCUT2D eigenvalue weighted by molar-refractivity contribution is -0.119. The summed E-state index contributed by atoms with van der Waals surface area (Å²) in [6.07, 6.45) is 0. The van der Waals surface area contributed by atoms with Crippen molar-refractivity contribution < 1.29 is 9.59 Å². The number of nitrogens with zero attached hydrogens (tertiary/aromatic N) is 4. The second kappa shape index (κ2) is 8.59. The first-order valence-electron chi connectivity index (χ1n) is 7.45. The first-order valence-corrected chi connectivity index (χ1v) is 9.23. The predicted octanol–water partition coefficient (Wildman–Crippen LogP) is 1.98. The van der Waals surface area contributed by atoms with Crippen LogP contribution in [0.5, 0.6) is 0 Å². The summed E-state index contributed by atoms with van der Waals surface area (Å²) in [5.41, 5.74) is 5.97. The first kappa shape index (κ1) is 18.1. The monoisotopic (exact) mass is 432 g/mol. The number of hydrazine groups is 1. The van der Waals surface area contributed by atoms with Crippen LogP contribution in [0.15, 0.2) is 64.2 Å². The number of benzene rings is 2. The molecular formula is C16H13BrN6O2S. The smallest absolute Gasteiger partial charge is 0.269 e. The van der Waals surface area contributed by atoms with E-state index in [-0.39, 0.29) is 11.7 Å². The Balaban J connectivity index is 1.51. The van der Waals surface area contributed by atoms with Crippen molar-refractivity contribution in [3.05, 3.63) is 64.6 Å². The van der Waals surface area contributed by atoms with Crippen LogP contribution in [0.4, 0.5) is 0 Å². The largest absolute Gasteiger partial charge is 0.272 e. The molecule has 10 heteroatoms. The van der Waals surface area contributed by atoms with Crippen LogP contribution in [-0.2, 0) is 4.79 Å². The first-order chi connectivity index (χ1) is 12.6. The molecule has 1 aromatic heterocycles. The zero-order valence-corrected chi connectivity index (χ0v) is 15.7. The van der Waals surface area contributed by atoms with Gasteiger partial charge in [0.05, 0.1) is 11.4 Å². The van der Waals surface area contributed by atoms with Gasteiger partial charge in [0.2, 0.25) is 11.1 Å². The van der Waals surface area contributed by atoms with Gasteiger partial charge in [0.25, 0.3) is 5.91 Å². The van der Waals surface area contributed by atoms with E-state index in [4.69, 9.17) is 0 Å². The van der Waals surface area contributed by atoms with E-state index in [2.05, 4.69) is 42.3 Å². The zero-order chi connectivity index (χ0) is 18.4. The molecule has 26 heavy (non-hydrogen) atoms. The Bertz CT molecular complexity index is 901. The van der Waals surface area contributed by atoms with Gasteiger partial charge in [-0.15, -0.1) is 5.10 Å². The Labute approximate surface area is 161 Å². The van der Waals surface area contributed by atoms with Gasteiger partial charge in [0, 0.05) is 10.0 Å². The van der Waals surface area contributed by atoms with Crippen LogP contribution in [0.25, 0.3) is 5.69 Å².